The van der Waals surface area contributed by atoms with Crippen LogP contribution in [0.3, 0.4) is 0 Å². The molecule has 15 heavy (non-hydrogen) atoms. The van der Waals surface area contributed by atoms with E-state index in [-0.39, 0.29) is 11.3 Å². The SMILES string of the molecule is CNc1c(C(=O)OC)cc(I)c(Br)c1F. The van der Waals surface area contributed by atoms with E-state index in [4.69, 9.17) is 0 Å². The summed E-state index contributed by atoms with van der Waals surface area (Å²) in [6.45, 7) is 0. The lowest BCUT2D eigenvalue weighted by Gasteiger charge is -2.11. The average Bonchev–Trinajstić information content (AvgIpc) is 2.24. The van der Waals surface area contributed by atoms with Crippen molar-refractivity contribution in [3.8, 4) is 0 Å². The highest BCUT2D eigenvalue weighted by Crippen LogP contribution is 2.31. The molecule has 1 rings (SSSR count). The van der Waals surface area contributed by atoms with Gasteiger partial charge in [-0.05, 0) is 44.6 Å². The van der Waals surface area contributed by atoms with Crippen LogP contribution in [0.2, 0.25) is 0 Å². The van der Waals surface area contributed by atoms with E-state index in [1.165, 1.54) is 7.11 Å². The van der Waals surface area contributed by atoms with E-state index < -0.39 is 11.8 Å². The molecule has 3 nitrogen and oxygen atoms in total. The Morgan fingerprint density at radius 1 is 1.67 bits per heavy atom. The molecule has 0 amide bonds. The van der Waals surface area contributed by atoms with Crippen molar-refractivity contribution in [3.05, 3.63) is 25.5 Å². The molecule has 0 aliphatic rings. The van der Waals surface area contributed by atoms with Crippen LogP contribution in [0.15, 0.2) is 10.5 Å². The van der Waals surface area contributed by atoms with Gasteiger partial charge in [-0.2, -0.15) is 0 Å². The highest BCUT2D eigenvalue weighted by Gasteiger charge is 2.19. The zero-order valence-corrected chi connectivity index (χ0v) is 11.8. The summed E-state index contributed by atoms with van der Waals surface area (Å²) >= 11 is 5.04. The molecule has 1 aromatic carbocycles. The van der Waals surface area contributed by atoms with E-state index in [2.05, 4.69) is 26.0 Å². The van der Waals surface area contributed by atoms with E-state index in [0.29, 0.717) is 8.04 Å². The van der Waals surface area contributed by atoms with Crippen molar-refractivity contribution in [2.24, 2.45) is 0 Å². The molecule has 1 aromatic rings. The first-order chi connectivity index (χ1) is 7.02. The minimum Gasteiger partial charge on any atom is -0.465 e. The second-order valence-electron chi connectivity index (χ2n) is 2.65. The lowest BCUT2D eigenvalue weighted by atomic mass is 10.1. The van der Waals surface area contributed by atoms with E-state index >= 15 is 0 Å². The van der Waals surface area contributed by atoms with E-state index in [1.54, 1.807) is 13.1 Å². The van der Waals surface area contributed by atoms with Crippen molar-refractivity contribution in [2.45, 2.75) is 0 Å². The number of rotatable bonds is 2. The fourth-order valence-corrected chi connectivity index (χ4v) is 1.97. The molecule has 0 heterocycles. The van der Waals surface area contributed by atoms with Crippen molar-refractivity contribution in [1.82, 2.24) is 0 Å². The van der Waals surface area contributed by atoms with Crippen LogP contribution >= 0.6 is 38.5 Å². The Balaban J connectivity index is 3.45. The zero-order valence-electron chi connectivity index (χ0n) is 8.03. The lowest BCUT2D eigenvalue weighted by Crippen LogP contribution is -2.08. The van der Waals surface area contributed by atoms with Gasteiger partial charge in [0, 0.05) is 10.6 Å². The molecule has 0 radical (unpaired) electrons. The standard InChI is InChI=1S/C9H8BrFINO2/c1-13-8-4(9(14)15-2)3-5(12)6(10)7(8)11/h3,13H,1-2H3. The number of esters is 1. The van der Waals surface area contributed by atoms with Gasteiger partial charge >= 0.3 is 5.97 Å². The van der Waals surface area contributed by atoms with Crippen molar-refractivity contribution < 1.29 is 13.9 Å². The number of benzene rings is 1. The summed E-state index contributed by atoms with van der Waals surface area (Å²) < 4.78 is 19.2. The van der Waals surface area contributed by atoms with Gasteiger partial charge in [-0.1, -0.05) is 0 Å². The molecular formula is C9H8BrFINO2. The molecule has 0 bridgehead atoms. The number of carbonyl (C=O) groups is 1. The molecule has 82 valence electrons. The maximum atomic E-state index is 13.7. The second-order valence-corrected chi connectivity index (χ2v) is 4.61. The fraction of sp³-hybridized carbons (Fsp3) is 0.222. The molecule has 1 N–H and O–H groups in total. The monoisotopic (exact) mass is 387 g/mol. The summed E-state index contributed by atoms with van der Waals surface area (Å²) in [7, 11) is 2.80. The Kier molecular flexibility index (Phi) is 4.32. The quantitative estimate of drug-likeness (QED) is 0.481. The van der Waals surface area contributed by atoms with Crippen molar-refractivity contribution >= 4 is 50.2 Å². The van der Waals surface area contributed by atoms with E-state index in [1.807, 2.05) is 22.6 Å². The molecule has 0 fully saturated rings. The first-order valence-corrected chi connectivity index (χ1v) is 5.83. The van der Waals surface area contributed by atoms with Crippen molar-refractivity contribution in [3.63, 3.8) is 0 Å². The number of anilines is 1. The third-order valence-electron chi connectivity index (χ3n) is 1.82. The highest BCUT2D eigenvalue weighted by molar-refractivity contribution is 14.1. The number of halogens is 3. The number of nitrogens with one attached hydrogen (secondary N) is 1. The summed E-state index contributed by atoms with van der Waals surface area (Å²) in [6, 6.07) is 1.56. The summed E-state index contributed by atoms with van der Waals surface area (Å²) in [5.41, 5.74) is 0.319. The lowest BCUT2D eigenvalue weighted by molar-refractivity contribution is 0.0601. The average molecular weight is 388 g/mol. The summed E-state index contributed by atoms with van der Waals surface area (Å²) in [4.78, 5) is 11.4. The molecule has 0 aliphatic heterocycles. The van der Waals surface area contributed by atoms with Crippen LogP contribution in [0.5, 0.6) is 0 Å². The Hall–Kier alpha value is -0.370. The number of ether oxygens (including phenoxy) is 1. The third-order valence-corrected chi connectivity index (χ3v) is 4.18. The van der Waals surface area contributed by atoms with Crippen LogP contribution in [0.1, 0.15) is 10.4 Å². The topological polar surface area (TPSA) is 38.3 Å². The maximum absolute atomic E-state index is 13.7. The summed E-state index contributed by atoms with van der Waals surface area (Å²) in [5.74, 6) is -1.06. The van der Waals surface area contributed by atoms with Crippen LogP contribution in [0, 0.1) is 9.39 Å². The zero-order chi connectivity index (χ0) is 11.6. The number of hydrogen-bond donors (Lipinski definition) is 1. The van der Waals surface area contributed by atoms with Crippen molar-refractivity contribution in [1.29, 1.82) is 0 Å². The van der Waals surface area contributed by atoms with Gasteiger partial charge in [-0.3, -0.25) is 0 Å². The van der Waals surface area contributed by atoms with Gasteiger partial charge < -0.3 is 10.1 Å². The Bertz CT molecular complexity index is 412. The highest BCUT2D eigenvalue weighted by atomic mass is 127. The largest absolute Gasteiger partial charge is 0.465 e. The molecule has 0 saturated carbocycles. The number of carbonyl (C=O) groups excluding carboxylic acids is 1. The molecular weight excluding hydrogens is 380 g/mol. The summed E-state index contributed by atoms with van der Waals surface area (Å²) in [5, 5.41) is 2.64. The predicted octanol–water partition coefficient (Wildman–Crippen LogP) is 3.02. The molecule has 0 atom stereocenters. The molecule has 0 unspecified atom stereocenters. The third kappa shape index (κ3) is 2.41. The second kappa shape index (κ2) is 5.11. The molecule has 0 aromatic heterocycles. The van der Waals surface area contributed by atoms with E-state index in [0.717, 1.165) is 0 Å². The van der Waals surface area contributed by atoms with Crippen LogP contribution < -0.4 is 5.32 Å². The Morgan fingerprint density at radius 3 is 2.73 bits per heavy atom. The molecule has 0 saturated heterocycles. The van der Waals surface area contributed by atoms with Gasteiger partial charge in [0.2, 0.25) is 0 Å². The Labute approximate surface area is 109 Å². The first-order valence-electron chi connectivity index (χ1n) is 3.96. The van der Waals surface area contributed by atoms with Crippen LogP contribution in [-0.2, 0) is 4.74 Å². The maximum Gasteiger partial charge on any atom is 0.340 e. The fourth-order valence-electron chi connectivity index (χ4n) is 1.11. The van der Waals surface area contributed by atoms with Gasteiger partial charge in [-0.25, -0.2) is 9.18 Å². The normalized spacial score (nSPS) is 9.93. The smallest absolute Gasteiger partial charge is 0.340 e. The number of methoxy groups -OCH3 is 1. The molecule has 0 spiro atoms. The minimum absolute atomic E-state index is 0.133. The predicted molar refractivity (Wildman–Crippen MR) is 67.7 cm³/mol. The van der Waals surface area contributed by atoms with E-state index in [9.17, 15) is 9.18 Å². The minimum atomic E-state index is -0.566. The van der Waals surface area contributed by atoms with Gasteiger partial charge in [0.05, 0.1) is 22.8 Å². The van der Waals surface area contributed by atoms with Gasteiger partial charge in [0.1, 0.15) is 0 Å². The van der Waals surface area contributed by atoms with Crippen LogP contribution in [0.4, 0.5) is 10.1 Å². The molecule has 6 heteroatoms. The van der Waals surface area contributed by atoms with Gasteiger partial charge in [0.15, 0.2) is 5.82 Å². The molecule has 0 aliphatic carbocycles. The summed E-state index contributed by atoms with van der Waals surface area (Å²) in [6.07, 6.45) is 0. The Morgan fingerprint density at radius 2 is 2.27 bits per heavy atom. The first kappa shape index (κ1) is 12.7. The van der Waals surface area contributed by atoms with Crippen LogP contribution in [0.25, 0.3) is 0 Å². The van der Waals surface area contributed by atoms with Gasteiger partial charge in [-0.15, -0.1) is 0 Å². The van der Waals surface area contributed by atoms with Gasteiger partial charge in [0.25, 0.3) is 0 Å². The number of hydrogen-bond acceptors (Lipinski definition) is 3. The van der Waals surface area contributed by atoms with Crippen molar-refractivity contribution in [2.75, 3.05) is 19.5 Å². The van der Waals surface area contributed by atoms with Crippen LogP contribution in [-0.4, -0.2) is 20.1 Å².